The molecule has 0 fully saturated rings. The van der Waals surface area contributed by atoms with E-state index in [-0.39, 0.29) is 5.91 Å². The molecule has 0 unspecified atom stereocenters. The second-order valence-electron chi connectivity index (χ2n) is 7.04. The number of fused-ring (bicyclic) bond motifs is 1. The molecule has 3 aromatic rings. The summed E-state index contributed by atoms with van der Waals surface area (Å²) >= 11 is 0. The van der Waals surface area contributed by atoms with Gasteiger partial charge in [-0.15, -0.1) is 5.10 Å². The summed E-state index contributed by atoms with van der Waals surface area (Å²) in [5.41, 5.74) is 2.96. The fourth-order valence-corrected chi connectivity index (χ4v) is 3.40. The number of aromatic nitrogens is 5. The van der Waals surface area contributed by atoms with Gasteiger partial charge < -0.3 is 20.4 Å². The average Bonchev–Trinajstić information content (AvgIpc) is 3.18. The average molecular weight is 407 g/mol. The molecule has 0 bridgehead atoms. The third kappa shape index (κ3) is 3.81. The Morgan fingerprint density at radius 1 is 1.20 bits per heavy atom. The summed E-state index contributed by atoms with van der Waals surface area (Å²) in [5, 5.41) is 14.5. The Hall–Kier alpha value is -3.53. The van der Waals surface area contributed by atoms with Crippen molar-refractivity contribution in [2.24, 2.45) is 0 Å². The number of carbonyl (C=O) groups is 1. The number of hydrogen-bond acceptors (Lipinski definition) is 8. The minimum atomic E-state index is -0.121. The number of nitrogens with one attached hydrogen (secondary N) is 2. The number of likely N-dealkylation sites (N-methyl/N-ethyl adjacent to an activating group) is 1. The highest BCUT2D eigenvalue weighted by molar-refractivity contribution is 6.09. The molecule has 0 spiro atoms. The van der Waals surface area contributed by atoms with E-state index in [1.54, 1.807) is 15.8 Å². The van der Waals surface area contributed by atoms with Gasteiger partial charge in [-0.2, -0.15) is 4.98 Å². The maximum Gasteiger partial charge on any atom is 0.263 e. The third-order valence-electron chi connectivity index (χ3n) is 4.90. The third-order valence-corrected chi connectivity index (χ3v) is 4.90. The molecule has 1 aromatic carbocycles. The monoisotopic (exact) mass is 407 g/mol. The van der Waals surface area contributed by atoms with Crippen molar-refractivity contribution in [3.8, 4) is 5.69 Å². The normalized spacial score (nSPS) is 13.9. The molecule has 0 aliphatic carbocycles. The molecule has 1 amide bonds. The van der Waals surface area contributed by atoms with Crippen molar-refractivity contribution in [2.45, 2.75) is 13.5 Å². The number of anilines is 3. The Bertz CT molecular complexity index is 1050. The molecule has 3 heterocycles. The molecule has 0 saturated carbocycles. The number of amides is 1. The molecule has 0 saturated heterocycles. The number of rotatable bonds is 6. The first-order valence-electron chi connectivity index (χ1n) is 9.91. The van der Waals surface area contributed by atoms with Gasteiger partial charge in [-0.3, -0.25) is 4.79 Å². The first-order chi connectivity index (χ1) is 14.6. The second-order valence-corrected chi connectivity index (χ2v) is 7.04. The van der Waals surface area contributed by atoms with Crippen LogP contribution in [0.15, 0.2) is 36.7 Å². The van der Waals surface area contributed by atoms with Crippen LogP contribution in [0.25, 0.3) is 5.69 Å². The smallest absolute Gasteiger partial charge is 0.263 e. The molecule has 10 heteroatoms. The number of hydrogen-bond donors (Lipinski definition) is 2. The Morgan fingerprint density at radius 3 is 2.83 bits per heavy atom. The van der Waals surface area contributed by atoms with Crippen LogP contribution in [0.2, 0.25) is 0 Å². The van der Waals surface area contributed by atoms with Crippen LogP contribution in [0.3, 0.4) is 0 Å². The van der Waals surface area contributed by atoms with Crippen molar-refractivity contribution < 1.29 is 4.79 Å². The predicted molar refractivity (Wildman–Crippen MR) is 115 cm³/mol. The van der Waals surface area contributed by atoms with Crippen LogP contribution in [0.1, 0.15) is 23.0 Å². The maximum atomic E-state index is 13.3. The van der Waals surface area contributed by atoms with E-state index in [9.17, 15) is 4.79 Å². The van der Waals surface area contributed by atoms with Gasteiger partial charge in [0.05, 0.1) is 17.6 Å². The highest BCUT2D eigenvalue weighted by Crippen LogP contribution is 2.27. The topological polar surface area (TPSA) is 104 Å². The van der Waals surface area contributed by atoms with E-state index < -0.39 is 0 Å². The van der Waals surface area contributed by atoms with E-state index in [4.69, 9.17) is 0 Å². The highest BCUT2D eigenvalue weighted by Gasteiger charge is 2.28. The van der Waals surface area contributed by atoms with Crippen LogP contribution < -0.4 is 20.4 Å². The van der Waals surface area contributed by atoms with Gasteiger partial charge in [0.15, 0.2) is 0 Å². The van der Waals surface area contributed by atoms with Gasteiger partial charge in [0.25, 0.3) is 5.91 Å². The zero-order valence-electron chi connectivity index (χ0n) is 17.3. The molecule has 0 radical (unpaired) electrons. The Kier molecular flexibility index (Phi) is 5.57. The molecule has 156 valence electrons. The molecular weight excluding hydrogens is 382 g/mol. The lowest BCUT2D eigenvalue weighted by atomic mass is 10.2. The zero-order valence-corrected chi connectivity index (χ0v) is 17.3. The molecule has 4 rings (SSSR count). The summed E-state index contributed by atoms with van der Waals surface area (Å²) < 4.78 is 1.71. The Labute approximate surface area is 174 Å². The van der Waals surface area contributed by atoms with Crippen molar-refractivity contribution in [2.75, 3.05) is 48.8 Å². The Morgan fingerprint density at radius 2 is 2.03 bits per heavy atom. The number of nitrogens with zero attached hydrogens (tertiary/aromatic N) is 7. The largest absolute Gasteiger partial charge is 0.357 e. The molecule has 1 aliphatic rings. The van der Waals surface area contributed by atoms with E-state index >= 15 is 0 Å². The quantitative estimate of drug-likeness (QED) is 0.630. The minimum Gasteiger partial charge on any atom is -0.357 e. The summed E-state index contributed by atoms with van der Waals surface area (Å²) in [6.07, 6.45) is 3.47. The highest BCUT2D eigenvalue weighted by atomic mass is 16.2. The van der Waals surface area contributed by atoms with Gasteiger partial charge >= 0.3 is 0 Å². The molecule has 10 nitrogen and oxygen atoms in total. The van der Waals surface area contributed by atoms with Crippen LogP contribution in [0.5, 0.6) is 0 Å². The zero-order chi connectivity index (χ0) is 21.1. The summed E-state index contributed by atoms with van der Waals surface area (Å²) in [7, 11) is 3.80. The van der Waals surface area contributed by atoms with Crippen LogP contribution >= 0.6 is 0 Å². The summed E-state index contributed by atoms with van der Waals surface area (Å²) in [6.45, 7) is 4.53. The van der Waals surface area contributed by atoms with E-state index in [0.717, 1.165) is 17.1 Å². The van der Waals surface area contributed by atoms with Gasteiger partial charge in [0, 0.05) is 45.1 Å². The summed E-state index contributed by atoms with van der Waals surface area (Å²) in [5.74, 6) is 1.04. The van der Waals surface area contributed by atoms with Crippen LogP contribution in [-0.4, -0.2) is 64.6 Å². The van der Waals surface area contributed by atoms with E-state index in [0.29, 0.717) is 43.5 Å². The van der Waals surface area contributed by atoms with Crippen LogP contribution in [-0.2, 0) is 6.54 Å². The van der Waals surface area contributed by atoms with Gasteiger partial charge in [0.2, 0.25) is 5.95 Å². The van der Waals surface area contributed by atoms with Crippen molar-refractivity contribution in [1.82, 2.24) is 30.3 Å². The Balaban J connectivity index is 1.66. The van der Waals surface area contributed by atoms with Crippen molar-refractivity contribution in [3.63, 3.8) is 0 Å². The van der Waals surface area contributed by atoms with Crippen LogP contribution in [0, 0.1) is 0 Å². The second kappa shape index (κ2) is 8.46. The predicted octanol–water partition coefficient (Wildman–Crippen LogP) is 1.31. The molecule has 2 N–H and O–H groups in total. The lowest BCUT2D eigenvalue weighted by molar-refractivity contribution is 0.0989. The lowest BCUT2D eigenvalue weighted by Gasteiger charge is -2.21. The van der Waals surface area contributed by atoms with Gasteiger partial charge in [-0.1, -0.05) is 11.3 Å². The molecule has 2 aromatic heterocycles. The summed E-state index contributed by atoms with van der Waals surface area (Å²) in [4.78, 5) is 25.9. The van der Waals surface area contributed by atoms with Crippen LogP contribution in [0.4, 0.5) is 17.5 Å². The molecule has 0 atom stereocenters. The van der Waals surface area contributed by atoms with E-state index in [2.05, 4.69) is 30.9 Å². The lowest BCUT2D eigenvalue weighted by Crippen LogP contribution is -2.33. The van der Waals surface area contributed by atoms with Gasteiger partial charge in [-0.25, -0.2) is 9.67 Å². The fraction of sp³-hybridized carbons (Fsp3) is 0.350. The molecule has 1 aliphatic heterocycles. The molecule has 30 heavy (non-hydrogen) atoms. The van der Waals surface area contributed by atoms with Crippen molar-refractivity contribution in [1.29, 1.82) is 0 Å². The number of carbonyl (C=O) groups excluding carboxylic acids is 1. The van der Waals surface area contributed by atoms with E-state index in [1.807, 2.05) is 56.4 Å². The van der Waals surface area contributed by atoms with E-state index in [1.165, 1.54) is 0 Å². The van der Waals surface area contributed by atoms with Gasteiger partial charge in [-0.05, 0) is 32.2 Å². The maximum absolute atomic E-state index is 13.3. The first kappa shape index (κ1) is 19.8. The van der Waals surface area contributed by atoms with Crippen molar-refractivity contribution in [3.05, 3.63) is 47.9 Å². The summed E-state index contributed by atoms with van der Waals surface area (Å²) in [6, 6.07) is 7.72. The number of benzene rings is 1. The SMILES string of the molecule is CCNc1ncc2c(n1)N(C)CCN(c1cccc(-n3cc(CNC)nn3)c1)C2=O. The fourth-order valence-electron chi connectivity index (χ4n) is 3.40. The standard InChI is InChI=1S/C20H25N9O/c1-4-22-20-23-12-17-18(24-20)27(3)8-9-28(19(17)30)15-6-5-7-16(10-15)29-13-14(11-21-2)25-26-29/h5-7,10,12-13,21H,4,8-9,11H2,1-3H3,(H,22,23,24). The van der Waals surface area contributed by atoms with Crippen molar-refractivity contribution >= 4 is 23.4 Å². The first-order valence-corrected chi connectivity index (χ1v) is 9.91. The minimum absolute atomic E-state index is 0.121. The van der Waals surface area contributed by atoms with Gasteiger partial charge in [0.1, 0.15) is 11.4 Å². The molecular formula is C20H25N9O.